The number of halogens is 4. The van der Waals surface area contributed by atoms with Crippen molar-refractivity contribution in [2.45, 2.75) is 25.1 Å². The number of furan rings is 1. The fraction of sp³-hybridized carbons (Fsp3) is 0.385. The van der Waals surface area contributed by atoms with Crippen molar-refractivity contribution >= 4 is 22.6 Å². The molecule has 1 heterocycles. The first-order valence-corrected chi connectivity index (χ1v) is 6.20. The van der Waals surface area contributed by atoms with Crippen molar-refractivity contribution in [2.24, 2.45) is 0 Å². The molecule has 1 unspecified atom stereocenters. The van der Waals surface area contributed by atoms with Crippen LogP contribution in [0.4, 0.5) is 13.2 Å². The van der Waals surface area contributed by atoms with Gasteiger partial charge in [-0.3, -0.25) is 0 Å². The van der Waals surface area contributed by atoms with Crippen LogP contribution < -0.4 is 5.32 Å². The SMILES string of the molecule is CNC(CCC(F)(F)F)c1cc2cccc(Cl)c2o1. The van der Waals surface area contributed by atoms with Gasteiger partial charge in [0, 0.05) is 11.8 Å². The Labute approximate surface area is 113 Å². The average Bonchev–Trinajstić information content (AvgIpc) is 2.73. The third-order valence-corrected chi connectivity index (χ3v) is 3.22. The molecule has 1 N–H and O–H groups in total. The Kier molecular flexibility index (Phi) is 4.06. The summed E-state index contributed by atoms with van der Waals surface area (Å²) in [4.78, 5) is 0. The molecule has 0 aliphatic carbocycles. The fourth-order valence-corrected chi connectivity index (χ4v) is 2.18. The van der Waals surface area contributed by atoms with Gasteiger partial charge < -0.3 is 9.73 Å². The Morgan fingerprint density at radius 1 is 1.37 bits per heavy atom. The van der Waals surface area contributed by atoms with Crippen molar-refractivity contribution < 1.29 is 17.6 Å². The van der Waals surface area contributed by atoms with E-state index < -0.39 is 18.6 Å². The third-order valence-electron chi connectivity index (χ3n) is 2.92. The minimum absolute atomic E-state index is 0.0720. The Hall–Kier alpha value is -1.20. The molecule has 2 rings (SSSR count). The van der Waals surface area contributed by atoms with Crippen molar-refractivity contribution in [3.8, 4) is 0 Å². The van der Waals surface area contributed by atoms with Gasteiger partial charge in [-0.05, 0) is 25.6 Å². The number of hydrogen-bond donors (Lipinski definition) is 1. The highest BCUT2D eigenvalue weighted by Gasteiger charge is 2.29. The number of nitrogens with one attached hydrogen (secondary N) is 1. The van der Waals surface area contributed by atoms with Crippen LogP contribution in [0.2, 0.25) is 5.02 Å². The summed E-state index contributed by atoms with van der Waals surface area (Å²) in [5, 5.41) is 4.07. The molecule has 2 nitrogen and oxygen atoms in total. The largest absolute Gasteiger partial charge is 0.458 e. The van der Waals surface area contributed by atoms with Crippen LogP contribution in [-0.4, -0.2) is 13.2 Å². The number of para-hydroxylation sites is 1. The van der Waals surface area contributed by atoms with Gasteiger partial charge >= 0.3 is 6.18 Å². The summed E-state index contributed by atoms with van der Waals surface area (Å²) in [6.45, 7) is 0. The summed E-state index contributed by atoms with van der Waals surface area (Å²) in [5.74, 6) is 0.467. The molecule has 0 saturated carbocycles. The highest BCUT2D eigenvalue weighted by Crippen LogP contribution is 2.32. The lowest BCUT2D eigenvalue weighted by atomic mass is 10.1. The molecule has 0 spiro atoms. The van der Waals surface area contributed by atoms with Gasteiger partial charge in [0.15, 0.2) is 5.58 Å². The van der Waals surface area contributed by atoms with Crippen molar-refractivity contribution in [2.75, 3.05) is 7.05 Å². The fourth-order valence-electron chi connectivity index (χ4n) is 1.96. The van der Waals surface area contributed by atoms with E-state index in [0.29, 0.717) is 16.4 Å². The van der Waals surface area contributed by atoms with Crippen LogP contribution in [0.1, 0.15) is 24.6 Å². The molecule has 19 heavy (non-hydrogen) atoms. The maximum Gasteiger partial charge on any atom is 0.389 e. The van der Waals surface area contributed by atoms with E-state index in [0.717, 1.165) is 5.39 Å². The second kappa shape index (κ2) is 5.43. The second-order valence-electron chi connectivity index (χ2n) is 4.30. The molecule has 1 aromatic carbocycles. The maximum absolute atomic E-state index is 12.3. The van der Waals surface area contributed by atoms with Crippen LogP contribution >= 0.6 is 11.6 Å². The Balaban J connectivity index is 2.23. The van der Waals surface area contributed by atoms with E-state index in [1.54, 1.807) is 25.2 Å². The Morgan fingerprint density at radius 3 is 2.68 bits per heavy atom. The molecule has 1 aromatic heterocycles. The second-order valence-corrected chi connectivity index (χ2v) is 4.71. The zero-order valence-corrected chi connectivity index (χ0v) is 11.0. The molecule has 6 heteroatoms. The lowest BCUT2D eigenvalue weighted by molar-refractivity contribution is -0.136. The molecular weight excluding hydrogens is 279 g/mol. The summed E-state index contributed by atoms with van der Waals surface area (Å²) in [5.41, 5.74) is 0.506. The zero-order chi connectivity index (χ0) is 14.0. The van der Waals surface area contributed by atoms with Crippen molar-refractivity contribution in [3.63, 3.8) is 0 Å². The molecule has 0 fully saturated rings. The van der Waals surface area contributed by atoms with E-state index in [2.05, 4.69) is 5.32 Å². The number of hydrogen-bond acceptors (Lipinski definition) is 2. The van der Waals surface area contributed by atoms with Crippen LogP contribution in [0.5, 0.6) is 0 Å². The van der Waals surface area contributed by atoms with E-state index in [1.165, 1.54) is 0 Å². The minimum atomic E-state index is -4.17. The van der Waals surface area contributed by atoms with Gasteiger partial charge in [-0.2, -0.15) is 13.2 Å². The summed E-state index contributed by atoms with van der Waals surface area (Å²) in [6, 6.07) is 6.50. The zero-order valence-electron chi connectivity index (χ0n) is 10.2. The predicted octanol–water partition coefficient (Wildman–Crippen LogP) is 4.69. The normalized spacial score (nSPS) is 13.9. The van der Waals surface area contributed by atoms with E-state index in [1.807, 2.05) is 6.07 Å². The van der Waals surface area contributed by atoms with Crippen LogP contribution in [-0.2, 0) is 0 Å². The molecule has 0 amide bonds. The number of fused-ring (bicyclic) bond motifs is 1. The average molecular weight is 292 g/mol. The van der Waals surface area contributed by atoms with Gasteiger partial charge in [-0.15, -0.1) is 0 Å². The third kappa shape index (κ3) is 3.42. The number of rotatable bonds is 4. The quantitative estimate of drug-likeness (QED) is 0.884. The maximum atomic E-state index is 12.3. The molecular formula is C13H13ClF3NO. The van der Waals surface area contributed by atoms with Crippen LogP contribution in [0.25, 0.3) is 11.0 Å². The van der Waals surface area contributed by atoms with E-state index in [-0.39, 0.29) is 6.42 Å². The van der Waals surface area contributed by atoms with Gasteiger partial charge in [0.2, 0.25) is 0 Å². The number of benzene rings is 1. The van der Waals surface area contributed by atoms with E-state index in [9.17, 15) is 13.2 Å². The van der Waals surface area contributed by atoms with E-state index in [4.69, 9.17) is 16.0 Å². The van der Waals surface area contributed by atoms with Crippen molar-refractivity contribution in [1.82, 2.24) is 5.32 Å². The summed E-state index contributed by atoms with van der Waals surface area (Å²) < 4.78 is 42.3. The van der Waals surface area contributed by atoms with Gasteiger partial charge in [-0.1, -0.05) is 23.7 Å². The predicted molar refractivity (Wildman–Crippen MR) is 68.3 cm³/mol. The van der Waals surface area contributed by atoms with Crippen LogP contribution in [0, 0.1) is 0 Å². The van der Waals surface area contributed by atoms with Gasteiger partial charge in [0.25, 0.3) is 0 Å². The van der Waals surface area contributed by atoms with E-state index >= 15 is 0 Å². The van der Waals surface area contributed by atoms with Gasteiger partial charge in [0.05, 0.1) is 11.1 Å². The highest BCUT2D eigenvalue weighted by molar-refractivity contribution is 6.34. The molecule has 0 aliphatic heterocycles. The minimum Gasteiger partial charge on any atom is -0.458 e. The summed E-state index contributed by atoms with van der Waals surface area (Å²) in [6.07, 6.45) is -5.10. The first-order chi connectivity index (χ1) is 8.90. The summed E-state index contributed by atoms with van der Waals surface area (Å²) in [7, 11) is 1.61. The standard InChI is InChI=1S/C13H13ClF3NO/c1-18-10(5-6-13(15,16)17)11-7-8-3-2-4-9(14)12(8)19-11/h2-4,7,10,18H,5-6H2,1H3. The molecule has 1 atom stereocenters. The molecule has 2 aromatic rings. The van der Waals surface area contributed by atoms with Crippen molar-refractivity contribution in [3.05, 3.63) is 35.0 Å². The molecule has 0 bridgehead atoms. The summed E-state index contributed by atoms with van der Waals surface area (Å²) >= 11 is 5.97. The lowest BCUT2D eigenvalue weighted by Gasteiger charge is -2.14. The molecule has 0 aliphatic rings. The molecule has 104 valence electrons. The topological polar surface area (TPSA) is 25.2 Å². The molecule has 0 saturated heterocycles. The lowest BCUT2D eigenvalue weighted by Crippen LogP contribution is -2.19. The molecule has 0 radical (unpaired) electrons. The monoisotopic (exact) mass is 291 g/mol. The smallest absolute Gasteiger partial charge is 0.389 e. The first-order valence-electron chi connectivity index (χ1n) is 5.82. The highest BCUT2D eigenvalue weighted by atomic mass is 35.5. The first kappa shape index (κ1) is 14.2. The Bertz CT molecular complexity index is 565. The number of alkyl halides is 3. The van der Waals surface area contributed by atoms with Gasteiger partial charge in [-0.25, -0.2) is 0 Å². The van der Waals surface area contributed by atoms with Crippen LogP contribution in [0.15, 0.2) is 28.7 Å². The van der Waals surface area contributed by atoms with Crippen LogP contribution in [0.3, 0.4) is 0 Å². The van der Waals surface area contributed by atoms with Crippen molar-refractivity contribution in [1.29, 1.82) is 0 Å². The Morgan fingerprint density at radius 2 is 2.11 bits per heavy atom. The van der Waals surface area contributed by atoms with Gasteiger partial charge in [0.1, 0.15) is 5.76 Å².